The number of amides is 1. The number of nitrogens with one attached hydrogen (secondary N) is 2. The van der Waals surface area contributed by atoms with E-state index in [-0.39, 0.29) is 11.4 Å². The predicted octanol–water partition coefficient (Wildman–Crippen LogP) is 2.56. The van der Waals surface area contributed by atoms with Crippen molar-refractivity contribution >= 4 is 5.91 Å². The van der Waals surface area contributed by atoms with Gasteiger partial charge in [0, 0.05) is 12.5 Å². The van der Waals surface area contributed by atoms with Gasteiger partial charge in [-0.3, -0.25) is 4.79 Å². The highest BCUT2D eigenvalue weighted by molar-refractivity contribution is 5.73. The van der Waals surface area contributed by atoms with Gasteiger partial charge < -0.3 is 10.6 Å². The van der Waals surface area contributed by atoms with Gasteiger partial charge in [0.1, 0.15) is 0 Å². The molecule has 106 valence electrons. The second kappa shape index (κ2) is 6.55. The molecule has 1 aliphatic heterocycles. The molecule has 0 aromatic heterocycles. The summed E-state index contributed by atoms with van der Waals surface area (Å²) in [6.45, 7) is 12.8. The van der Waals surface area contributed by atoms with Crippen LogP contribution in [0.3, 0.4) is 0 Å². The summed E-state index contributed by atoms with van der Waals surface area (Å²) in [6, 6.07) is 0. The van der Waals surface area contributed by atoms with Gasteiger partial charge >= 0.3 is 0 Å². The molecule has 1 amide bonds. The normalized spacial score (nSPS) is 19.9. The monoisotopic (exact) mass is 254 g/mol. The maximum Gasteiger partial charge on any atom is 0.217 e. The van der Waals surface area contributed by atoms with Crippen LogP contribution in [0.2, 0.25) is 0 Å². The highest BCUT2D eigenvalue weighted by atomic mass is 16.1. The van der Waals surface area contributed by atoms with E-state index in [1.165, 1.54) is 12.8 Å². The lowest BCUT2D eigenvalue weighted by Crippen LogP contribution is -2.46. The van der Waals surface area contributed by atoms with Crippen LogP contribution in [-0.4, -0.2) is 24.5 Å². The fourth-order valence-corrected chi connectivity index (χ4v) is 3.34. The van der Waals surface area contributed by atoms with Crippen molar-refractivity contribution in [3.05, 3.63) is 0 Å². The van der Waals surface area contributed by atoms with Gasteiger partial charge in [0.25, 0.3) is 0 Å². The Hall–Kier alpha value is -0.570. The largest absolute Gasteiger partial charge is 0.351 e. The van der Waals surface area contributed by atoms with E-state index >= 15 is 0 Å². The van der Waals surface area contributed by atoms with E-state index in [1.54, 1.807) is 6.92 Å². The van der Waals surface area contributed by atoms with Crippen molar-refractivity contribution in [1.29, 1.82) is 0 Å². The second-order valence-electron chi connectivity index (χ2n) is 6.76. The summed E-state index contributed by atoms with van der Waals surface area (Å²) in [4.78, 5) is 11.3. The average Bonchev–Trinajstić information content (AvgIpc) is 2.25. The Labute approximate surface area is 112 Å². The molecule has 0 aromatic carbocycles. The average molecular weight is 254 g/mol. The van der Waals surface area contributed by atoms with Gasteiger partial charge in [-0.2, -0.15) is 0 Å². The van der Waals surface area contributed by atoms with Gasteiger partial charge in [-0.05, 0) is 64.0 Å². The van der Waals surface area contributed by atoms with E-state index in [0.717, 1.165) is 25.4 Å². The van der Waals surface area contributed by atoms with E-state index in [0.29, 0.717) is 11.8 Å². The van der Waals surface area contributed by atoms with Gasteiger partial charge in [-0.15, -0.1) is 0 Å². The van der Waals surface area contributed by atoms with E-state index in [9.17, 15) is 4.79 Å². The molecule has 18 heavy (non-hydrogen) atoms. The molecular formula is C15H30N2O. The highest BCUT2D eigenvalue weighted by Gasteiger charge is 2.31. The van der Waals surface area contributed by atoms with E-state index in [1.807, 2.05) is 0 Å². The molecule has 3 nitrogen and oxygen atoms in total. The lowest BCUT2D eigenvalue weighted by atomic mass is 9.72. The van der Waals surface area contributed by atoms with E-state index in [4.69, 9.17) is 0 Å². The zero-order chi connectivity index (χ0) is 13.8. The van der Waals surface area contributed by atoms with Crippen LogP contribution < -0.4 is 10.6 Å². The zero-order valence-electron chi connectivity index (χ0n) is 12.7. The van der Waals surface area contributed by atoms with Gasteiger partial charge in [-0.1, -0.05) is 13.8 Å². The summed E-state index contributed by atoms with van der Waals surface area (Å²) in [7, 11) is 0. The molecule has 2 N–H and O–H groups in total. The SMILES string of the molecule is CC(=O)NC(C)(C)C[C@H](C(C)C)C1CCNCC1. The van der Waals surface area contributed by atoms with Crippen molar-refractivity contribution in [2.75, 3.05) is 13.1 Å². The molecule has 0 unspecified atom stereocenters. The van der Waals surface area contributed by atoms with Crippen LogP contribution in [0.15, 0.2) is 0 Å². The third-order valence-corrected chi connectivity index (χ3v) is 4.11. The Morgan fingerprint density at radius 2 is 1.89 bits per heavy atom. The molecule has 1 saturated heterocycles. The molecule has 0 aliphatic carbocycles. The van der Waals surface area contributed by atoms with Crippen molar-refractivity contribution in [3.8, 4) is 0 Å². The van der Waals surface area contributed by atoms with Crippen molar-refractivity contribution in [1.82, 2.24) is 10.6 Å². The Kier molecular flexibility index (Phi) is 5.64. The molecule has 1 atom stereocenters. The highest BCUT2D eigenvalue weighted by Crippen LogP contribution is 2.34. The smallest absolute Gasteiger partial charge is 0.217 e. The minimum atomic E-state index is -0.0916. The Bertz CT molecular complexity index is 268. The summed E-state index contributed by atoms with van der Waals surface area (Å²) in [6.07, 6.45) is 3.63. The van der Waals surface area contributed by atoms with Crippen LogP contribution in [0, 0.1) is 17.8 Å². The quantitative estimate of drug-likeness (QED) is 0.791. The molecule has 0 saturated carbocycles. The molecule has 3 heteroatoms. The van der Waals surface area contributed by atoms with Gasteiger partial charge in [0.15, 0.2) is 0 Å². The lowest BCUT2D eigenvalue weighted by Gasteiger charge is -2.38. The number of rotatable bonds is 5. The summed E-state index contributed by atoms with van der Waals surface area (Å²) >= 11 is 0. The maximum absolute atomic E-state index is 11.3. The van der Waals surface area contributed by atoms with Crippen LogP contribution >= 0.6 is 0 Å². The Balaban J connectivity index is 2.64. The zero-order valence-corrected chi connectivity index (χ0v) is 12.7. The summed E-state index contributed by atoms with van der Waals surface area (Å²) in [5.74, 6) is 2.27. The van der Waals surface area contributed by atoms with Crippen molar-refractivity contribution < 1.29 is 4.79 Å². The van der Waals surface area contributed by atoms with Crippen molar-refractivity contribution in [3.63, 3.8) is 0 Å². The third kappa shape index (κ3) is 4.97. The number of carbonyl (C=O) groups excluding carboxylic acids is 1. The van der Waals surface area contributed by atoms with Crippen LogP contribution in [0.5, 0.6) is 0 Å². The molecule has 1 fully saturated rings. The minimum Gasteiger partial charge on any atom is -0.351 e. The van der Waals surface area contributed by atoms with E-state index < -0.39 is 0 Å². The summed E-state index contributed by atoms with van der Waals surface area (Å²) < 4.78 is 0. The fraction of sp³-hybridized carbons (Fsp3) is 0.933. The molecule has 0 aromatic rings. The van der Waals surface area contributed by atoms with Crippen LogP contribution in [0.1, 0.15) is 53.9 Å². The Morgan fingerprint density at radius 3 is 2.33 bits per heavy atom. The number of piperidine rings is 1. The number of carbonyl (C=O) groups is 1. The first kappa shape index (κ1) is 15.5. The fourth-order valence-electron chi connectivity index (χ4n) is 3.34. The predicted molar refractivity (Wildman–Crippen MR) is 76.4 cm³/mol. The first-order valence-corrected chi connectivity index (χ1v) is 7.31. The number of hydrogen-bond donors (Lipinski definition) is 2. The van der Waals surface area contributed by atoms with Gasteiger partial charge in [0.2, 0.25) is 5.91 Å². The minimum absolute atomic E-state index is 0.0767. The van der Waals surface area contributed by atoms with Crippen LogP contribution in [0.25, 0.3) is 0 Å². The molecule has 1 heterocycles. The molecular weight excluding hydrogens is 224 g/mol. The first-order chi connectivity index (χ1) is 8.32. The first-order valence-electron chi connectivity index (χ1n) is 7.31. The molecule has 1 rings (SSSR count). The lowest BCUT2D eigenvalue weighted by molar-refractivity contribution is -0.120. The molecule has 0 spiro atoms. The summed E-state index contributed by atoms with van der Waals surface area (Å²) in [5.41, 5.74) is -0.0916. The van der Waals surface area contributed by atoms with Crippen molar-refractivity contribution in [2.45, 2.75) is 59.4 Å². The van der Waals surface area contributed by atoms with Crippen molar-refractivity contribution in [2.24, 2.45) is 17.8 Å². The Morgan fingerprint density at radius 1 is 1.33 bits per heavy atom. The summed E-state index contributed by atoms with van der Waals surface area (Å²) in [5, 5.41) is 6.52. The molecule has 1 aliphatic rings. The molecule has 0 bridgehead atoms. The second-order valence-corrected chi connectivity index (χ2v) is 6.76. The molecule has 0 radical (unpaired) electrons. The topological polar surface area (TPSA) is 41.1 Å². The van der Waals surface area contributed by atoms with Gasteiger partial charge in [-0.25, -0.2) is 0 Å². The standard InChI is InChI=1S/C15H30N2O/c1-11(2)14(13-6-8-16-9-7-13)10-15(4,5)17-12(3)18/h11,13-14,16H,6-10H2,1-5H3,(H,17,18)/t14-/m1/s1. The van der Waals surface area contributed by atoms with Gasteiger partial charge in [0.05, 0.1) is 0 Å². The third-order valence-electron chi connectivity index (χ3n) is 4.11. The van der Waals surface area contributed by atoms with Crippen LogP contribution in [-0.2, 0) is 4.79 Å². The van der Waals surface area contributed by atoms with E-state index in [2.05, 4.69) is 38.3 Å². The maximum atomic E-state index is 11.3. The van der Waals surface area contributed by atoms with Crippen LogP contribution in [0.4, 0.5) is 0 Å². The number of hydrogen-bond acceptors (Lipinski definition) is 2.